The molecule has 1 heterocycles. The Morgan fingerprint density at radius 3 is 2.32 bits per heavy atom. The fraction of sp³-hybridized carbons (Fsp3) is 0.154. The Morgan fingerprint density at radius 2 is 1.68 bits per heavy atom. The number of hydrogen-bond acceptors (Lipinski definition) is 5. The monoisotopic (exact) mass is 257 g/mol. The summed E-state index contributed by atoms with van der Waals surface area (Å²) in [4.78, 5) is 19.0. The highest BCUT2D eigenvalue weighted by Gasteiger charge is 2.01. The lowest BCUT2D eigenvalue weighted by Gasteiger charge is -2.08. The summed E-state index contributed by atoms with van der Waals surface area (Å²) >= 11 is 0. The van der Waals surface area contributed by atoms with E-state index in [-0.39, 0.29) is 5.91 Å². The third-order valence-corrected chi connectivity index (χ3v) is 2.42. The van der Waals surface area contributed by atoms with Crippen LogP contribution in [-0.4, -0.2) is 22.9 Å². The molecule has 0 bridgehead atoms. The van der Waals surface area contributed by atoms with Gasteiger partial charge in [0.2, 0.25) is 5.91 Å². The molecule has 0 aliphatic rings. The highest BCUT2D eigenvalue weighted by Crippen LogP contribution is 2.18. The maximum Gasteiger partial charge on any atom is 0.222 e. The number of benzene rings is 1. The summed E-state index contributed by atoms with van der Waals surface area (Å²) in [6.45, 7) is 1.44. The Morgan fingerprint density at radius 1 is 1.05 bits per heavy atom. The fourth-order valence-electron chi connectivity index (χ4n) is 1.54. The molecule has 98 valence electrons. The first kappa shape index (κ1) is 12.8. The van der Waals surface area contributed by atoms with E-state index in [0.717, 1.165) is 11.4 Å². The van der Waals surface area contributed by atoms with Gasteiger partial charge in [0.1, 0.15) is 18.0 Å². The number of rotatable bonds is 4. The molecule has 0 unspecified atom stereocenters. The fourth-order valence-corrected chi connectivity index (χ4v) is 1.54. The first-order valence-electron chi connectivity index (χ1n) is 5.82. The summed E-state index contributed by atoms with van der Waals surface area (Å²) in [6.07, 6.45) is 1.40. The van der Waals surface area contributed by atoms with Gasteiger partial charge in [-0.15, -0.1) is 0 Å². The van der Waals surface area contributed by atoms with Gasteiger partial charge < -0.3 is 16.0 Å². The van der Waals surface area contributed by atoms with Crippen molar-refractivity contribution in [2.24, 2.45) is 0 Å². The number of carbonyl (C=O) groups is 1. The van der Waals surface area contributed by atoms with Crippen molar-refractivity contribution in [2.45, 2.75) is 6.92 Å². The van der Waals surface area contributed by atoms with Gasteiger partial charge in [0, 0.05) is 31.4 Å². The van der Waals surface area contributed by atoms with Crippen molar-refractivity contribution in [2.75, 3.05) is 23.0 Å². The lowest BCUT2D eigenvalue weighted by Crippen LogP contribution is -2.08. The molecule has 6 heteroatoms. The van der Waals surface area contributed by atoms with E-state index >= 15 is 0 Å². The van der Waals surface area contributed by atoms with E-state index in [0.29, 0.717) is 11.6 Å². The molecule has 2 rings (SSSR count). The van der Waals surface area contributed by atoms with Crippen molar-refractivity contribution < 1.29 is 4.79 Å². The molecule has 3 N–H and O–H groups in total. The quantitative estimate of drug-likeness (QED) is 0.782. The van der Waals surface area contributed by atoms with Crippen molar-refractivity contribution in [1.82, 2.24) is 9.97 Å². The van der Waals surface area contributed by atoms with Gasteiger partial charge in [-0.25, -0.2) is 9.97 Å². The number of amides is 1. The van der Waals surface area contributed by atoms with Crippen LogP contribution in [-0.2, 0) is 4.79 Å². The van der Waals surface area contributed by atoms with Crippen LogP contribution in [0.1, 0.15) is 6.92 Å². The molecule has 2 aromatic rings. The molecule has 1 aromatic heterocycles. The average molecular weight is 257 g/mol. The zero-order chi connectivity index (χ0) is 13.7. The number of carbonyl (C=O) groups excluding carboxylic acids is 1. The Balaban J connectivity index is 2.11. The van der Waals surface area contributed by atoms with Gasteiger partial charge in [-0.3, -0.25) is 4.79 Å². The number of nitrogens with zero attached hydrogens (tertiary/aromatic N) is 2. The summed E-state index contributed by atoms with van der Waals surface area (Å²) in [7, 11) is 1.87. The van der Waals surface area contributed by atoms with E-state index in [1.54, 1.807) is 6.07 Å². The topological polar surface area (TPSA) is 78.9 Å². The molecule has 19 heavy (non-hydrogen) atoms. The van der Waals surface area contributed by atoms with Gasteiger partial charge in [0.25, 0.3) is 0 Å². The molecule has 6 nitrogen and oxygen atoms in total. The summed E-state index contributed by atoms with van der Waals surface area (Å²) in [5, 5.41) is 8.80. The van der Waals surface area contributed by atoms with E-state index < -0.39 is 0 Å². The van der Waals surface area contributed by atoms with Crippen LogP contribution in [0.3, 0.4) is 0 Å². The Bertz CT molecular complexity index is 568. The standard InChI is InChI=1S/C13H15N5O/c1-9(19)17-12-7-13(16-8-15-12)18-11-5-3-10(14-2)4-6-11/h3-8,14H,1-2H3,(H2,15,16,17,18,19). The molecule has 0 saturated heterocycles. The Hall–Kier alpha value is -2.63. The largest absolute Gasteiger partial charge is 0.388 e. The number of anilines is 4. The lowest BCUT2D eigenvalue weighted by atomic mass is 10.3. The van der Waals surface area contributed by atoms with Gasteiger partial charge in [-0.1, -0.05) is 0 Å². The van der Waals surface area contributed by atoms with Gasteiger partial charge in [-0.05, 0) is 24.3 Å². The van der Waals surface area contributed by atoms with Crippen LogP contribution < -0.4 is 16.0 Å². The highest BCUT2D eigenvalue weighted by atomic mass is 16.1. The molecular weight excluding hydrogens is 242 g/mol. The predicted octanol–water partition coefficient (Wildman–Crippen LogP) is 2.22. The Labute approximate surface area is 111 Å². The zero-order valence-electron chi connectivity index (χ0n) is 10.8. The van der Waals surface area contributed by atoms with Gasteiger partial charge in [0.15, 0.2) is 0 Å². The molecule has 0 aliphatic carbocycles. The van der Waals surface area contributed by atoms with Gasteiger partial charge in [-0.2, -0.15) is 0 Å². The van der Waals surface area contributed by atoms with E-state index in [1.807, 2.05) is 31.3 Å². The third kappa shape index (κ3) is 3.67. The van der Waals surface area contributed by atoms with E-state index in [1.165, 1.54) is 13.3 Å². The smallest absolute Gasteiger partial charge is 0.222 e. The van der Waals surface area contributed by atoms with Crippen LogP contribution in [0.5, 0.6) is 0 Å². The highest BCUT2D eigenvalue weighted by molar-refractivity contribution is 5.87. The van der Waals surface area contributed by atoms with Crippen LogP contribution in [0, 0.1) is 0 Å². The van der Waals surface area contributed by atoms with E-state index in [4.69, 9.17) is 0 Å². The zero-order valence-corrected chi connectivity index (χ0v) is 10.8. The minimum absolute atomic E-state index is 0.164. The van der Waals surface area contributed by atoms with Crippen LogP contribution in [0.25, 0.3) is 0 Å². The first-order valence-corrected chi connectivity index (χ1v) is 5.82. The predicted molar refractivity (Wildman–Crippen MR) is 75.6 cm³/mol. The van der Waals surface area contributed by atoms with Crippen molar-refractivity contribution in [1.29, 1.82) is 0 Å². The van der Waals surface area contributed by atoms with Gasteiger partial charge in [0.05, 0.1) is 0 Å². The molecule has 0 spiro atoms. The van der Waals surface area contributed by atoms with Crippen LogP contribution in [0.4, 0.5) is 23.0 Å². The molecule has 1 amide bonds. The lowest BCUT2D eigenvalue weighted by molar-refractivity contribution is -0.114. The maximum absolute atomic E-state index is 11.0. The normalized spacial score (nSPS) is 9.79. The second-order valence-electron chi connectivity index (χ2n) is 3.92. The van der Waals surface area contributed by atoms with E-state index in [2.05, 4.69) is 25.9 Å². The van der Waals surface area contributed by atoms with Gasteiger partial charge >= 0.3 is 0 Å². The average Bonchev–Trinajstić information content (AvgIpc) is 2.39. The van der Waals surface area contributed by atoms with Crippen LogP contribution in [0.2, 0.25) is 0 Å². The molecule has 0 fully saturated rings. The summed E-state index contributed by atoms with van der Waals surface area (Å²) < 4.78 is 0. The summed E-state index contributed by atoms with van der Waals surface area (Å²) in [6, 6.07) is 9.46. The second kappa shape index (κ2) is 5.81. The molecule has 0 aliphatic heterocycles. The number of hydrogen-bond donors (Lipinski definition) is 3. The minimum Gasteiger partial charge on any atom is -0.388 e. The number of nitrogens with one attached hydrogen (secondary N) is 3. The second-order valence-corrected chi connectivity index (χ2v) is 3.92. The first-order chi connectivity index (χ1) is 9.17. The molecule has 0 radical (unpaired) electrons. The minimum atomic E-state index is -0.164. The van der Waals surface area contributed by atoms with E-state index in [9.17, 15) is 4.79 Å². The molecule has 0 saturated carbocycles. The number of aromatic nitrogens is 2. The van der Waals surface area contributed by atoms with Crippen molar-refractivity contribution in [3.05, 3.63) is 36.7 Å². The molecule has 0 atom stereocenters. The van der Waals surface area contributed by atoms with Crippen LogP contribution in [0.15, 0.2) is 36.7 Å². The van der Waals surface area contributed by atoms with Crippen LogP contribution >= 0.6 is 0 Å². The Kier molecular flexibility index (Phi) is 3.92. The SMILES string of the molecule is CNc1ccc(Nc2cc(NC(C)=O)ncn2)cc1. The van der Waals surface area contributed by atoms with Crippen molar-refractivity contribution in [3.63, 3.8) is 0 Å². The maximum atomic E-state index is 11.0. The summed E-state index contributed by atoms with van der Waals surface area (Å²) in [5.41, 5.74) is 1.94. The van der Waals surface area contributed by atoms with Crippen molar-refractivity contribution >= 4 is 28.9 Å². The van der Waals surface area contributed by atoms with Crippen molar-refractivity contribution in [3.8, 4) is 0 Å². The third-order valence-electron chi connectivity index (χ3n) is 2.42. The molecular formula is C13H15N5O. The molecule has 1 aromatic carbocycles. The summed E-state index contributed by atoms with van der Waals surface area (Å²) in [5.74, 6) is 0.927.